The minimum absolute atomic E-state index is 0.247. The van der Waals surface area contributed by atoms with Gasteiger partial charge in [-0.2, -0.15) is 4.31 Å². The van der Waals surface area contributed by atoms with Crippen LogP contribution in [-0.4, -0.2) is 44.8 Å². The molecule has 0 atom stereocenters. The highest BCUT2D eigenvalue weighted by atomic mass is 35.5. The summed E-state index contributed by atoms with van der Waals surface area (Å²) in [5.74, 6) is -0.301. The first-order valence-corrected chi connectivity index (χ1v) is 13.2. The van der Waals surface area contributed by atoms with Gasteiger partial charge in [-0.3, -0.25) is 4.79 Å². The van der Waals surface area contributed by atoms with Crippen LogP contribution in [0, 0.1) is 0 Å². The van der Waals surface area contributed by atoms with Crippen molar-refractivity contribution < 1.29 is 13.2 Å². The van der Waals surface area contributed by atoms with E-state index in [0.29, 0.717) is 35.9 Å². The SMILES string of the molecule is O=C(NCc1cccc(Cl)c1)c1ccc(N2CCCCC2)c(S(=O)(=O)N2CCCCC2)c1. The number of rotatable bonds is 6. The van der Waals surface area contributed by atoms with E-state index in [4.69, 9.17) is 11.6 Å². The number of carbonyl (C=O) groups excluding carboxylic acids is 1. The van der Waals surface area contributed by atoms with Crippen molar-refractivity contribution in [2.45, 2.75) is 50.0 Å². The molecular formula is C24H30ClN3O3S. The van der Waals surface area contributed by atoms with E-state index in [2.05, 4.69) is 10.2 Å². The van der Waals surface area contributed by atoms with Gasteiger partial charge in [0.2, 0.25) is 10.0 Å². The molecule has 172 valence electrons. The van der Waals surface area contributed by atoms with Gasteiger partial charge in [-0.15, -0.1) is 0 Å². The fourth-order valence-corrected chi connectivity index (χ4v) is 6.40. The molecule has 6 nitrogen and oxygen atoms in total. The summed E-state index contributed by atoms with van der Waals surface area (Å²) < 4.78 is 28.8. The van der Waals surface area contributed by atoms with Gasteiger partial charge >= 0.3 is 0 Å². The fraction of sp³-hybridized carbons (Fsp3) is 0.458. The van der Waals surface area contributed by atoms with Crippen molar-refractivity contribution in [2.75, 3.05) is 31.1 Å². The van der Waals surface area contributed by atoms with E-state index < -0.39 is 10.0 Å². The molecule has 2 fully saturated rings. The standard InChI is InChI=1S/C24H30ClN3O3S/c25-21-9-7-8-19(16-21)18-26-24(29)20-10-11-22(27-12-3-1-4-13-27)23(17-20)32(30,31)28-14-5-2-6-15-28/h7-11,16-17H,1-6,12-15,18H2,(H,26,29). The van der Waals surface area contributed by atoms with E-state index in [1.54, 1.807) is 34.6 Å². The number of carbonyl (C=O) groups is 1. The monoisotopic (exact) mass is 475 g/mol. The zero-order valence-electron chi connectivity index (χ0n) is 18.2. The van der Waals surface area contributed by atoms with Crippen LogP contribution in [0.25, 0.3) is 0 Å². The summed E-state index contributed by atoms with van der Waals surface area (Å²) in [6.45, 7) is 3.06. The van der Waals surface area contributed by atoms with Gasteiger partial charge in [-0.05, 0) is 68.0 Å². The third kappa shape index (κ3) is 5.27. The molecule has 2 aromatic rings. The minimum atomic E-state index is -3.68. The van der Waals surface area contributed by atoms with Crippen molar-refractivity contribution in [3.63, 3.8) is 0 Å². The third-order valence-electron chi connectivity index (χ3n) is 6.19. The van der Waals surface area contributed by atoms with E-state index in [9.17, 15) is 13.2 Å². The van der Waals surface area contributed by atoms with Gasteiger partial charge < -0.3 is 10.2 Å². The molecule has 1 N–H and O–H groups in total. The lowest BCUT2D eigenvalue weighted by atomic mass is 10.1. The Morgan fingerprint density at radius 1 is 0.906 bits per heavy atom. The highest BCUT2D eigenvalue weighted by Gasteiger charge is 2.31. The molecule has 2 aliphatic rings. The predicted molar refractivity (Wildman–Crippen MR) is 128 cm³/mol. The smallest absolute Gasteiger partial charge is 0.251 e. The molecule has 2 saturated heterocycles. The van der Waals surface area contributed by atoms with Crippen LogP contribution in [0.1, 0.15) is 54.4 Å². The number of anilines is 1. The van der Waals surface area contributed by atoms with E-state index >= 15 is 0 Å². The van der Waals surface area contributed by atoms with Crippen LogP contribution in [-0.2, 0) is 16.6 Å². The van der Waals surface area contributed by atoms with Crippen molar-refractivity contribution in [1.82, 2.24) is 9.62 Å². The molecule has 0 spiro atoms. The molecule has 8 heteroatoms. The number of halogens is 1. The average Bonchev–Trinajstić information content (AvgIpc) is 2.83. The number of sulfonamides is 1. The Labute approximate surface area is 195 Å². The molecule has 0 unspecified atom stereocenters. The van der Waals surface area contributed by atoms with Crippen molar-refractivity contribution in [1.29, 1.82) is 0 Å². The summed E-state index contributed by atoms with van der Waals surface area (Å²) in [6, 6.07) is 12.4. The topological polar surface area (TPSA) is 69.7 Å². The number of hydrogen-bond donors (Lipinski definition) is 1. The fourth-order valence-electron chi connectivity index (χ4n) is 4.43. The van der Waals surface area contributed by atoms with Crippen molar-refractivity contribution in [3.8, 4) is 0 Å². The van der Waals surface area contributed by atoms with Gasteiger partial charge in [0, 0.05) is 43.3 Å². The molecule has 1 amide bonds. The number of amides is 1. The summed E-state index contributed by atoms with van der Waals surface area (Å²) in [5.41, 5.74) is 1.95. The van der Waals surface area contributed by atoms with Gasteiger partial charge in [-0.25, -0.2) is 8.42 Å². The Balaban J connectivity index is 1.62. The Morgan fingerprint density at radius 3 is 2.28 bits per heavy atom. The average molecular weight is 476 g/mol. The van der Waals surface area contributed by atoms with Gasteiger partial charge in [0.1, 0.15) is 4.90 Å². The summed E-state index contributed by atoms with van der Waals surface area (Å²) in [7, 11) is -3.68. The lowest BCUT2D eigenvalue weighted by Crippen LogP contribution is -2.38. The largest absolute Gasteiger partial charge is 0.370 e. The molecule has 32 heavy (non-hydrogen) atoms. The van der Waals surface area contributed by atoms with Gasteiger partial charge in [0.15, 0.2) is 0 Å². The zero-order valence-corrected chi connectivity index (χ0v) is 19.8. The third-order valence-corrected chi connectivity index (χ3v) is 8.36. The number of nitrogens with one attached hydrogen (secondary N) is 1. The maximum atomic E-state index is 13.6. The molecule has 2 heterocycles. The summed E-state index contributed by atoms with van der Waals surface area (Å²) in [5, 5.41) is 3.49. The first kappa shape index (κ1) is 23.1. The van der Waals surface area contributed by atoms with Gasteiger partial charge in [0.25, 0.3) is 5.91 Å². The van der Waals surface area contributed by atoms with E-state index in [0.717, 1.165) is 57.2 Å². The summed E-state index contributed by atoms with van der Waals surface area (Å²) >= 11 is 6.02. The molecular weight excluding hydrogens is 446 g/mol. The maximum Gasteiger partial charge on any atom is 0.251 e. The molecule has 0 aromatic heterocycles. The Morgan fingerprint density at radius 2 is 1.59 bits per heavy atom. The van der Waals surface area contributed by atoms with E-state index in [1.165, 1.54) is 0 Å². The maximum absolute atomic E-state index is 13.6. The van der Waals surface area contributed by atoms with Crippen LogP contribution in [0.2, 0.25) is 5.02 Å². The number of benzene rings is 2. The second-order valence-electron chi connectivity index (χ2n) is 8.51. The van der Waals surface area contributed by atoms with Crippen LogP contribution in [0.5, 0.6) is 0 Å². The first-order valence-electron chi connectivity index (χ1n) is 11.4. The number of hydrogen-bond acceptors (Lipinski definition) is 4. The quantitative estimate of drug-likeness (QED) is 0.670. The first-order chi connectivity index (χ1) is 15.4. The zero-order chi connectivity index (χ0) is 22.6. The van der Waals surface area contributed by atoms with Gasteiger partial charge in [-0.1, -0.05) is 30.2 Å². The Hall–Kier alpha value is -2.09. The van der Waals surface area contributed by atoms with Crippen molar-refractivity contribution in [3.05, 3.63) is 58.6 Å². The minimum Gasteiger partial charge on any atom is -0.370 e. The highest BCUT2D eigenvalue weighted by molar-refractivity contribution is 7.89. The van der Waals surface area contributed by atoms with E-state index in [-0.39, 0.29) is 10.8 Å². The lowest BCUT2D eigenvalue weighted by molar-refractivity contribution is 0.0950. The second-order valence-corrected chi connectivity index (χ2v) is 10.9. The second kappa shape index (κ2) is 10.2. The number of piperidine rings is 2. The summed E-state index contributed by atoms with van der Waals surface area (Å²) in [4.78, 5) is 15.3. The highest BCUT2D eigenvalue weighted by Crippen LogP contribution is 2.32. The molecule has 2 aliphatic heterocycles. The van der Waals surface area contributed by atoms with Crippen LogP contribution >= 0.6 is 11.6 Å². The van der Waals surface area contributed by atoms with Crippen LogP contribution in [0.15, 0.2) is 47.4 Å². The van der Waals surface area contributed by atoms with Crippen LogP contribution < -0.4 is 10.2 Å². The van der Waals surface area contributed by atoms with E-state index in [1.807, 2.05) is 12.1 Å². The number of nitrogens with zero attached hydrogens (tertiary/aromatic N) is 2. The molecule has 0 bridgehead atoms. The molecule has 0 radical (unpaired) electrons. The predicted octanol–water partition coefficient (Wildman–Crippen LogP) is 4.43. The molecule has 2 aromatic carbocycles. The summed E-state index contributed by atoms with van der Waals surface area (Å²) in [6.07, 6.45) is 6.05. The molecule has 0 aliphatic carbocycles. The van der Waals surface area contributed by atoms with Crippen molar-refractivity contribution >= 4 is 33.2 Å². The van der Waals surface area contributed by atoms with Crippen molar-refractivity contribution in [2.24, 2.45) is 0 Å². The molecule has 0 saturated carbocycles. The normalized spacial score (nSPS) is 17.8. The lowest BCUT2D eigenvalue weighted by Gasteiger charge is -2.33. The Kier molecular flexibility index (Phi) is 7.38. The Bertz CT molecular complexity index is 1060. The molecule has 4 rings (SSSR count). The van der Waals surface area contributed by atoms with Crippen LogP contribution in [0.4, 0.5) is 5.69 Å². The van der Waals surface area contributed by atoms with Gasteiger partial charge in [0.05, 0.1) is 5.69 Å². The van der Waals surface area contributed by atoms with Crippen LogP contribution in [0.3, 0.4) is 0 Å².